The zero-order chi connectivity index (χ0) is 18.3. The Morgan fingerprint density at radius 2 is 2.19 bits per heavy atom. The highest BCUT2D eigenvalue weighted by molar-refractivity contribution is 5.81. The minimum absolute atomic E-state index is 0.0204. The van der Waals surface area contributed by atoms with E-state index in [1.165, 1.54) is 19.2 Å². The average molecular weight is 350 g/mol. The summed E-state index contributed by atoms with van der Waals surface area (Å²) in [5.41, 5.74) is 7.49. The molecule has 4 rings (SSSR count). The van der Waals surface area contributed by atoms with Gasteiger partial charge in [-0.3, -0.25) is 4.90 Å². The van der Waals surface area contributed by atoms with E-state index < -0.39 is 5.60 Å². The number of rotatable bonds is 3. The summed E-state index contributed by atoms with van der Waals surface area (Å²) in [7, 11) is 0. The Balaban J connectivity index is 1.64. The predicted molar refractivity (Wildman–Crippen MR) is 101 cm³/mol. The molecule has 0 spiro atoms. The van der Waals surface area contributed by atoms with Crippen molar-refractivity contribution in [2.24, 2.45) is 5.92 Å². The van der Waals surface area contributed by atoms with Gasteiger partial charge in [-0.25, -0.2) is 9.97 Å². The number of aliphatic hydroxyl groups is 1. The summed E-state index contributed by atoms with van der Waals surface area (Å²) in [4.78, 5) is 14.3. The summed E-state index contributed by atoms with van der Waals surface area (Å²) in [6, 6.07) is 5.91. The highest BCUT2D eigenvalue weighted by atomic mass is 16.3. The van der Waals surface area contributed by atoms with Gasteiger partial charge in [-0.1, -0.05) is 24.7 Å². The Bertz CT molecular complexity index is 896. The van der Waals surface area contributed by atoms with E-state index in [1.54, 1.807) is 6.92 Å². The van der Waals surface area contributed by atoms with E-state index in [9.17, 15) is 5.11 Å². The van der Waals surface area contributed by atoms with E-state index in [-0.39, 0.29) is 12.1 Å². The monoisotopic (exact) mass is 350 g/mol. The van der Waals surface area contributed by atoms with E-state index in [0.717, 1.165) is 23.4 Å². The van der Waals surface area contributed by atoms with E-state index >= 15 is 0 Å². The number of fused-ring (bicyclic) bond motifs is 1. The zero-order valence-corrected chi connectivity index (χ0v) is 14.9. The lowest BCUT2D eigenvalue weighted by Gasteiger charge is -2.21. The molecule has 0 radical (unpaired) electrons. The lowest BCUT2D eigenvalue weighted by molar-refractivity contribution is 0.106. The third kappa shape index (κ3) is 3.41. The minimum Gasteiger partial charge on any atom is -0.378 e. The van der Waals surface area contributed by atoms with Gasteiger partial charge in [0.2, 0.25) is 11.9 Å². The van der Waals surface area contributed by atoms with Crippen LogP contribution in [0.5, 0.6) is 0 Å². The first-order valence-corrected chi connectivity index (χ1v) is 8.81. The highest BCUT2D eigenvalue weighted by Gasteiger charge is 2.31. The van der Waals surface area contributed by atoms with Gasteiger partial charge >= 0.3 is 0 Å². The van der Waals surface area contributed by atoms with Crippen molar-refractivity contribution in [3.8, 4) is 11.8 Å². The fraction of sp³-hybridized carbons (Fsp3) is 0.421. The molecule has 1 aliphatic carbocycles. The van der Waals surface area contributed by atoms with Gasteiger partial charge in [-0.05, 0) is 44.4 Å². The molecule has 7 nitrogen and oxygen atoms in total. The molecular formula is C19H22N6O. The van der Waals surface area contributed by atoms with Gasteiger partial charge in [0.1, 0.15) is 18.1 Å². The number of nitrogens with zero attached hydrogens (tertiary/aromatic N) is 4. The van der Waals surface area contributed by atoms with Crippen LogP contribution in [0, 0.1) is 17.8 Å². The van der Waals surface area contributed by atoms with E-state index in [0.29, 0.717) is 11.9 Å². The van der Waals surface area contributed by atoms with Gasteiger partial charge in [0.25, 0.3) is 0 Å². The molecular weight excluding hydrogens is 328 g/mol. The molecule has 1 fully saturated rings. The average Bonchev–Trinajstić information content (AvgIpc) is 3.32. The van der Waals surface area contributed by atoms with E-state index in [2.05, 4.69) is 32.1 Å². The Hall–Kier alpha value is -2.85. The minimum atomic E-state index is -0.950. The largest absolute Gasteiger partial charge is 0.378 e. The van der Waals surface area contributed by atoms with Crippen molar-refractivity contribution in [1.82, 2.24) is 15.0 Å². The van der Waals surface area contributed by atoms with Crippen LogP contribution in [0.1, 0.15) is 38.7 Å². The molecule has 7 heteroatoms. The van der Waals surface area contributed by atoms with E-state index in [4.69, 9.17) is 5.73 Å². The third-order valence-electron chi connectivity index (χ3n) is 4.66. The normalized spacial score (nSPS) is 20.6. The fourth-order valence-corrected chi connectivity index (χ4v) is 3.27. The molecule has 1 aromatic carbocycles. The van der Waals surface area contributed by atoms with Gasteiger partial charge < -0.3 is 16.2 Å². The first-order valence-electron chi connectivity index (χ1n) is 8.81. The topological polar surface area (TPSA) is 100 Å². The summed E-state index contributed by atoms with van der Waals surface area (Å²) in [5.74, 6) is 7.42. The molecule has 0 amide bonds. The van der Waals surface area contributed by atoms with Crippen LogP contribution in [0.3, 0.4) is 0 Å². The van der Waals surface area contributed by atoms with Crippen molar-refractivity contribution in [2.75, 3.05) is 16.0 Å². The van der Waals surface area contributed by atoms with Gasteiger partial charge in [0.15, 0.2) is 0 Å². The second-order valence-corrected chi connectivity index (χ2v) is 7.24. The Kier molecular flexibility index (Phi) is 3.93. The summed E-state index contributed by atoms with van der Waals surface area (Å²) < 4.78 is 0. The molecule has 1 aromatic heterocycles. The third-order valence-corrected chi connectivity index (χ3v) is 4.66. The smallest absolute Gasteiger partial charge is 0.236 e. The Labute approximate surface area is 152 Å². The molecule has 1 aliphatic heterocycles. The number of nitrogen functional groups attached to an aromatic ring is 1. The number of anilines is 4. The van der Waals surface area contributed by atoms with Crippen molar-refractivity contribution in [3.63, 3.8) is 0 Å². The van der Waals surface area contributed by atoms with Crippen molar-refractivity contribution < 1.29 is 5.11 Å². The highest BCUT2D eigenvalue weighted by Crippen LogP contribution is 2.39. The van der Waals surface area contributed by atoms with Gasteiger partial charge in [0, 0.05) is 5.56 Å². The summed E-state index contributed by atoms with van der Waals surface area (Å²) in [6.07, 6.45) is 4.52. The second kappa shape index (κ2) is 6.15. The maximum Gasteiger partial charge on any atom is 0.236 e. The molecule has 2 aliphatic rings. The molecule has 2 unspecified atom stereocenters. The van der Waals surface area contributed by atoms with Crippen molar-refractivity contribution in [3.05, 3.63) is 30.1 Å². The number of aromatic nitrogens is 3. The number of benzene rings is 1. The number of nitrogens with two attached hydrogens (primary N) is 1. The lowest BCUT2D eigenvalue weighted by atomic mass is 9.99. The zero-order valence-electron chi connectivity index (χ0n) is 14.9. The van der Waals surface area contributed by atoms with E-state index in [1.807, 2.05) is 30.0 Å². The first-order chi connectivity index (χ1) is 12.4. The van der Waals surface area contributed by atoms with Crippen LogP contribution in [0.25, 0.3) is 0 Å². The molecule has 2 atom stereocenters. The lowest BCUT2D eigenvalue weighted by Crippen LogP contribution is -2.30. The van der Waals surface area contributed by atoms with Crippen molar-refractivity contribution >= 4 is 23.3 Å². The van der Waals surface area contributed by atoms with Crippen molar-refractivity contribution in [1.29, 1.82) is 0 Å². The number of hydrogen-bond donors (Lipinski definition) is 3. The maximum absolute atomic E-state index is 10.4. The SMILES string of the molecule is CC1Nc2ccc(C#CC(C)(O)CC3CC3)cc2N1c1ncnc(N)n1. The van der Waals surface area contributed by atoms with Crippen LogP contribution >= 0.6 is 0 Å². The quantitative estimate of drug-likeness (QED) is 0.730. The molecule has 0 saturated heterocycles. The molecule has 2 heterocycles. The fourth-order valence-electron chi connectivity index (χ4n) is 3.27. The second-order valence-electron chi connectivity index (χ2n) is 7.24. The Morgan fingerprint density at radius 3 is 2.92 bits per heavy atom. The van der Waals surface area contributed by atoms with Crippen LogP contribution in [0.4, 0.5) is 23.3 Å². The summed E-state index contributed by atoms with van der Waals surface area (Å²) in [6.45, 7) is 3.81. The van der Waals surface area contributed by atoms with Gasteiger partial charge in [0.05, 0.1) is 11.4 Å². The van der Waals surface area contributed by atoms with Crippen LogP contribution in [-0.2, 0) is 0 Å². The molecule has 134 valence electrons. The van der Waals surface area contributed by atoms with Crippen LogP contribution in [-0.4, -0.2) is 31.8 Å². The number of nitrogens with one attached hydrogen (secondary N) is 1. The molecule has 2 aromatic rings. The summed E-state index contributed by atoms with van der Waals surface area (Å²) in [5, 5.41) is 13.8. The first kappa shape index (κ1) is 16.6. The molecule has 4 N–H and O–H groups in total. The van der Waals surface area contributed by atoms with Gasteiger partial charge in [-0.2, -0.15) is 4.98 Å². The van der Waals surface area contributed by atoms with Crippen LogP contribution < -0.4 is 16.0 Å². The van der Waals surface area contributed by atoms with Crippen molar-refractivity contribution in [2.45, 2.75) is 44.9 Å². The molecule has 0 bridgehead atoms. The van der Waals surface area contributed by atoms with Gasteiger partial charge in [-0.15, -0.1) is 0 Å². The molecule has 26 heavy (non-hydrogen) atoms. The maximum atomic E-state index is 10.4. The van der Waals surface area contributed by atoms with Crippen LogP contribution in [0.2, 0.25) is 0 Å². The standard InChI is InChI=1S/C19H22N6O/c1-12-23-15-6-5-13(7-8-19(2,26)10-14-3-4-14)9-16(15)25(12)18-22-11-21-17(20)24-18/h5-6,9,11-12,14,23,26H,3-4,10H2,1-2H3,(H2,20,21,22,24). The summed E-state index contributed by atoms with van der Waals surface area (Å²) >= 11 is 0. The predicted octanol–water partition coefficient (Wildman–Crippen LogP) is 2.27. The molecule has 1 saturated carbocycles. The van der Waals surface area contributed by atoms with Crippen LogP contribution in [0.15, 0.2) is 24.5 Å². The Morgan fingerprint density at radius 1 is 1.38 bits per heavy atom. The number of hydrogen-bond acceptors (Lipinski definition) is 7.